The molecule has 0 aliphatic rings. The van der Waals surface area contributed by atoms with Crippen molar-refractivity contribution in [1.82, 2.24) is 4.90 Å². The molecule has 0 N–H and O–H groups in total. The lowest BCUT2D eigenvalue weighted by Crippen LogP contribution is -2.30. The molecule has 0 aliphatic heterocycles. The zero-order valence-electron chi connectivity index (χ0n) is 10.7. The summed E-state index contributed by atoms with van der Waals surface area (Å²) in [5, 5.41) is 0. The first kappa shape index (κ1) is 15.7. The van der Waals surface area contributed by atoms with E-state index < -0.39 is 0 Å². The number of carbonyl (C=O) groups excluding carboxylic acids is 1. The second-order valence-electron chi connectivity index (χ2n) is 4.15. The van der Waals surface area contributed by atoms with Gasteiger partial charge in [0.05, 0.1) is 14.8 Å². The first-order chi connectivity index (χ1) is 9.51. The fourth-order valence-corrected chi connectivity index (χ4v) is 3.64. The van der Waals surface area contributed by atoms with Gasteiger partial charge in [-0.3, -0.25) is 4.79 Å². The van der Waals surface area contributed by atoms with Crippen LogP contribution in [-0.2, 0) is 6.54 Å². The third kappa shape index (κ3) is 3.68. The van der Waals surface area contributed by atoms with Crippen LogP contribution in [0.15, 0.2) is 38.6 Å². The highest BCUT2D eigenvalue weighted by Gasteiger charge is 2.16. The van der Waals surface area contributed by atoms with E-state index in [1.54, 1.807) is 16.2 Å². The standard InChI is InChI=1S/C14H12Br2FNOS/c1-2-18(8-10-4-6-13(16)20-10)14(19)9-3-5-12(17)11(15)7-9/h3-7H,2,8H2,1H3. The molecule has 0 bridgehead atoms. The van der Waals surface area contributed by atoms with Crippen LogP contribution in [0.25, 0.3) is 0 Å². The Labute approximate surface area is 137 Å². The highest BCUT2D eigenvalue weighted by molar-refractivity contribution is 9.11. The second-order valence-corrected chi connectivity index (χ2v) is 7.56. The van der Waals surface area contributed by atoms with Gasteiger partial charge in [0.15, 0.2) is 0 Å². The van der Waals surface area contributed by atoms with E-state index >= 15 is 0 Å². The molecule has 0 atom stereocenters. The summed E-state index contributed by atoms with van der Waals surface area (Å²) in [5.41, 5.74) is 0.482. The van der Waals surface area contributed by atoms with Crippen molar-refractivity contribution in [3.63, 3.8) is 0 Å². The molecule has 106 valence electrons. The molecule has 1 aromatic heterocycles. The van der Waals surface area contributed by atoms with Gasteiger partial charge in [0.2, 0.25) is 0 Å². The number of halogens is 3. The van der Waals surface area contributed by atoms with Crippen molar-refractivity contribution in [3.05, 3.63) is 54.8 Å². The van der Waals surface area contributed by atoms with Crippen molar-refractivity contribution in [2.75, 3.05) is 6.54 Å². The van der Waals surface area contributed by atoms with E-state index in [1.165, 1.54) is 18.2 Å². The quantitative estimate of drug-likeness (QED) is 0.675. The van der Waals surface area contributed by atoms with Gasteiger partial charge in [0, 0.05) is 17.0 Å². The maximum absolute atomic E-state index is 13.2. The summed E-state index contributed by atoms with van der Waals surface area (Å²) in [4.78, 5) is 15.3. The Morgan fingerprint density at radius 3 is 2.60 bits per heavy atom. The smallest absolute Gasteiger partial charge is 0.254 e. The van der Waals surface area contributed by atoms with Crippen LogP contribution in [0.4, 0.5) is 4.39 Å². The van der Waals surface area contributed by atoms with Gasteiger partial charge < -0.3 is 4.90 Å². The van der Waals surface area contributed by atoms with Crippen molar-refractivity contribution >= 4 is 49.1 Å². The average Bonchev–Trinajstić information content (AvgIpc) is 2.84. The number of hydrogen-bond donors (Lipinski definition) is 0. The van der Waals surface area contributed by atoms with E-state index in [1.807, 2.05) is 19.1 Å². The van der Waals surface area contributed by atoms with Crippen molar-refractivity contribution in [2.45, 2.75) is 13.5 Å². The molecule has 2 nitrogen and oxygen atoms in total. The van der Waals surface area contributed by atoms with Crippen LogP contribution in [0.3, 0.4) is 0 Å². The van der Waals surface area contributed by atoms with Crippen LogP contribution < -0.4 is 0 Å². The molecule has 0 saturated heterocycles. The number of hydrogen-bond acceptors (Lipinski definition) is 2. The van der Waals surface area contributed by atoms with Crippen LogP contribution in [-0.4, -0.2) is 17.4 Å². The first-order valence-corrected chi connectivity index (χ1v) is 8.40. The Hall–Kier alpha value is -0.720. The number of thiophene rings is 1. The third-order valence-corrected chi connectivity index (χ3v) is 5.03. The van der Waals surface area contributed by atoms with Crippen molar-refractivity contribution in [2.24, 2.45) is 0 Å². The normalized spacial score (nSPS) is 10.6. The molecule has 2 aromatic rings. The molecule has 0 fully saturated rings. The van der Waals surface area contributed by atoms with Crippen LogP contribution in [0.1, 0.15) is 22.2 Å². The van der Waals surface area contributed by atoms with Gasteiger partial charge in [-0.15, -0.1) is 11.3 Å². The summed E-state index contributed by atoms with van der Waals surface area (Å²) in [6.45, 7) is 3.09. The predicted molar refractivity (Wildman–Crippen MR) is 86.5 cm³/mol. The molecule has 1 amide bonds. The molecule has 0 spiro atoms. The van der Waals surface area contributed by atoms with E-state index in [4.69, 9.17) is 0 Å². The number of carbonyl (C=O) groups is 1. The maximum Gasteiger partial charge on any atom is 0.254 e. The number of rotatable bonds is 4. The Kier molecular flexibility index (Phi) is 5.35. The van der Waals surface area contributed by atoms with Gasteiger partial charge in [0.1, 0.15) is 5.82 Å². The zero-order valence-corrected chi connectivity index (χ0v) is 14.7. The summed E-state index contributed by atoms with van der Waals surface area (Å²) in [5.74, 6) is -0.468. The molecule has 0 unspecified atom stereocenters. The van der Waals surface area contributed by atoms with E-state index in [-0.39, 0.29) is 11.7 Å². The largest absolute Gasteiger partial charge is 0.334 e. The number of amides is 1. The van der Waals surface area contributed by atoms with Gasteiger partial charge >= 0.3 is 0 Å². The van der Waals surface area contributed by atoms with Crippen LogP contribution in [0, 0.1) is 5.82 Å². The lowest BCUT2D eigenvalue weighted by atomic mass is 10.2. The van der Waals surface area contributed by atoms with Crippen molar-refractivity contribution in [3.8, 4) is 0 Å². The zero-order chi connectivity index (χ0) is 14.7. The van der Waals surface area contributed by atoms with E-state index in [0.29, 0.717) is 23.1 Å². The monoisotopic (exact) mass is 419 g/mol. The highest BCUT2D eigenvalue weighted by atomic mass is 79.9. The summed E-state index contributed by atoms with van der Waals surface area (Å²) >= 11 is 8.12. The fraction of sp³-hybridized carbons (Fsp3) is 0.214. The predicted octanol–water partition coefficient (Wildman–Crippen LogP) is 5.07. The molecule has 0 saturated carbocycles. The number of nitrogens with zero attached hydrogens (tertiary/aromatic N) is 1. The average molecular weight is 421 g/mol. The third-order valence-electron chi connectivity index (χ3n) is 2.81. The maximum atomic E-state index is 13.2. The van der Waals surface area contributed by atoms with E-state index in [9.17, 15) is 9.18 Å². The van der Waals surface area contributed by atoms with Gasteiger partial charge in [0.25, 0.3) is 5.91 Å². The second kappa shape index (κ2) is 6.83. The topological polar surface area (TPSA) is 20.3 Å². The first-order valence-electron chi connectivity index (χ1n) is 5.99. The van der Waals surface area contributed by atoms with Crippen LogP contribution in [0.5, 0.6) is 0 Å². The minimum Gasteiger partial charge on any atom is -0.334 e. The summed E-state index contributed by atoms with van der Waals surface area (Å²) in [6, 6.07) is 8.28. The summed E-state index contributed by atoms with van der Waals surface area (Å²) < 4.78 is 14.6. The van der Waals surface area contributed by atoms with Crippen LogP contribution in [0.2, 0.25) is 0 Å². The molecule has 0 radical (unpaired) electrons. The molecule has 0 aliphatic carbocycles. The Balaban J connectivity index is 2.18. The number of benzene rings is 1. The Morgan fingerprint density at radius 1 is 1.30 bits per heavy atom. The Morgan fingerprint density at radius 2 is 2.05 bits per heavy atom. The van der Waals surface area contributed by atoms with Crippen molar-refractivity contribution < 1.29 is 9.18 Å². The van der Waals surface area contributed by atoms with Gasteiger partial charge in [-0.1, -0.05) is 0 Å². The van der Waals surface area contributed by atoms with Crippen molar-refractivity contribution in [1.29, 1.82) is 0 Å². The Bertz CT molecular complexity index is 629. The summed E-state index contributed by atoms with van der Waals surface area (Å²) in [6.07, 6.45) is 0. The van der Waals surface area contributed by atoms with Gasteiger partial charge in [-0.25, -0.2) is 4.39 Å². The molecular formula is C14H12Br2FNOS. The van der Waals surface area contributed by atoms with E-state index in [0.717, 1.165) is 8.66 Å². The SMILES string of the molecule is CCN(Cc1ccc(Br)s1)C(=O)c1ccc(F)c(Br)c1. The minimum atomic E-state index is -0.369. The van der Waals surface area contributed by atoms with Gasteiger partial charge in [-0.05, 0) is 69.1 Å². The summed E-state index contributed by atoms with van der Waals surface area (Å²) in [7, 11) is 0. The van der Waals surface area contributed by atoms with Gasteiger partial charge in [-0.2, -0.15) is 0 Å². The fourth-order valence-electron chi connectivity index (χ4n) is 1.76. The van der Waals surface area contributed by atoms with Crippen LogP contribution >= 0.6 is 43.2 Å². The molecule has 1 heterocycles. The lowest BCUT2D eigenvalue weighted by Gasteiger charge is -2.20. The molecule has 1 aromatic carbocycles. The molecular weight excluding hydrogens is 409 g/mol. The minimum absolute atomic E-state index is 0.0993. The lowest BCUT2D eigenvalue weighted by molar-refractivity contribution is 0.0754. The molecule has 6 heteroatoms. The molecule has 20 heavy (non-hydrogen) atoms. The highest BCUT2D eigenvalue weighted by Crippen LogP contribution is 2.24. The van der Waals surface area contributed by atoms with E-state index in [2.05, 4.69) is 31.9 Å². The molecule has 2 rings (SSSR count).